The van der Waals surface area contributed by atoms with Gasteiger partial charge in [0.2, 0.25) is 5.91 Å². The van der Waals surface area contributed by atoms with E-state index in [-0.39, 0.29) is 24.2 Å². The molecule has 10 heteroatoms. The Labute approximate surface area is 250 Å². The molecule has 2 aromatic rings. The van der Waals surface area contributed by atoms with Gasteiger partial charge in [-0.1, -0.05) is 31.9 Å². The average molecular weight is 593 g/mol. The van der Waals surface area contributed by atoms with E-state index in [4.69, 9.17) is 10.5 Å². The number of aliphatic hydroxyl groups is 2. The van der Waals surface area contributed by atoms with Crippen LogP contribution in [0.15, 0.2) is 30.3 Å². The van der Waals surface area contributed by atoms with E-state index in [0.717, 1.165) is 36.8 Å². The minimum Gasteiger partial charge on any atom is -0.507 e. The van der Waals surface area contributed by atoms with E-state index in [1.807, 2.05) is 18.2 Å². The fourth-order valence-electron chi connectivity index (χ4n) is 7.77. The molecular weight excluding hydrogens is 552 g/mol. The van der Waals surface area contributed by atoms with E-state index in [0.29, 0.717) is 16.9 Å². The van der Waals surface area contributed by atoms with E-state index in [1.54, 1.807) is 32.2 Å². The van der Waals surface area contributed by atoms with Crippen molar-refractivity contribution >= 4 is 23.3 Å². The summed E-state index contributed by atoms with van der Waals surface area (Å²) in [6, 6.07) is 8.13. The highest BCUT2D eigenvalue weighted by Gasteiger charge is 2.69. The van der Waals surface area contributed by atoms with Gasteiger partial charge in [0.1, 0.15) is 17.4 Å². The molecule has 7 atom stereocenters. The topological polar surface area (TPSA) is 167 Å². The summed E-state index contributed by atoms with van der Waals surface area (Å²) in [6.07, 6.45) is 2.81. The Morgan fingerprint density at radius 1 is 1.09 bits per heavy atom. The number of primary amides is 1. The third-order valence-electron chi connectivity index (χ3n) is 9.80. The lowest BCUT2D eigenvalue weighted by Gasteiger charge is -2.54. The highest BCUT2D eigenvalue weighted by molar-refractivity contribution is 6.25. The van der Waals surface area contributed by atoms with Gasteiger partial charge in [0.25, 0.3) is 0 Å². The third kappa shape index (κ3) is 4.76. The largest absolute Gasteiger partial charge is 0.507 e. The molecule has 0 aromatic heterocycles. The van der Waals surface area contributed by atoms with Crippen LogP contribution in [-0.2, 0) is 27.2 Å². The van der Waals surface area contributed by atoms with E-state index in [9.17, 15) is 34.5 Å². The lowest BCUT2D eigenvalue weighted by Crippen LogP contribution is -2.75. The Kier molecular flexibility index (Phi) is 8.24. The van der Waals surface area contributed by atoms with Gasteiger partial charge in [-0.25, -0.2) is 0 Å². The van der Waals surface area contributed by atoms with Crippen LogP contribution >= 0.6 is 0 Å². The molecule has 43 heavy (non-hydrogen) atoms. The quantitative estimate of drug-likeness (QED) is 0.265. The SMILES string of the molecule is CCCCCc1ccc(OC)c(-c2ccc(O)c3c2C[C@@H]2C[C@@H]4C(N(C)C)C(O)C(C(N)=O)C(=O)[C@]4(O)C(=O)C2C3=O)c1. The van der Waals surface area contributed by atoms with Crippen LogP contribution in [0.3, 0.4) is 0 Å². The maximum Gasteiger partial charge on any atom is 0.230 e. The first-order valence-corrected chi connectivity index (χ1v) is 14.9. The average Bonchev–Trinajstić information content (AvgIpc) is 2.95. The zero-order valence-electron chi connectivity index (χ0n) is 25.0. The van der Waals surface area contributed by atoms with Crippen molar-refractivity contribution in [3.05, 3.63) is 47.0 Å². The van der Waals surface area contributed by atoms with Crippen molar-refractivity contribution in [2.45, 2.75) is 63.2 Å². The molecule has 0 aliphatic heterocycles. The molecule has 2 aromatic carbocycles. The van der Waals surface area contributed by atoms with Crippen LogP contribution in [0.25, 0.3) is 11.1 Å². The van der Waals surface area contributed by atoms with Crippen molar-refractivity contribution in [2.24, 2.45) is 29.4 Å². The van der Waals surface area contributed by atoms with E-state index >= 15 is 0 Å². The molecule has 1 amide bonds. The van der Waals surface area contributed by atoms with Gasteiger partial charge in [0.05, 0.1) is 24.7 Å². The zero-order valence-corrected chi connectivity index (χ0v) is 25.0. The van der Waals surface area contributed by atoms with Gasteiger partial charge in [-0.3, -0.25) is 19.2 Å². The number of Topliss-reactive ketones (excluding diaryl/α,β-unsaturated/α-hetero) is 3. The van der Waals surface area contributed by atoms with Gasteiger partial charge < -0.3 is 30.7 Å². The number of likely N-dealkylation sites (N-methyl/N-ethyl adjacent to an activating group) is 1. The minimum absolute atomic E-state index is 0.0218. The number of aromatic hydroxyl groups is 1. The molecule has 10 nitrogen and oxygen atoms in total. The molecule has 2 fully saturated rings. The van der Waals surface area contributed by atoms with E-state index in [2.05, 4.69) is 6.92 Å². The van der Waals surface area contributed by atoms with Crippen molar-refractivity contribution in [3.8, 4) is 22.6 Å². The van der Waals surface area contributed by atoms with Crippen molar-refractivity contribution in [1.29, 1.82) is 0 Å². The Morgan fingerprint density at radius 2 is 1.81 bits per heavy atom. The van der Waals surface area contributed by atoms with Crippen LogP contribution in [0.2, 0.25) is 0 Å². The monoisotopic (exact) mass is 592 g/mol. The minimum atomic E-state index is -2.69. The summed E-state index contributed by atoms with van der Waals surface area (Å²) in [5.74, 6) is -8.65. The van der Waals surface area contributed by atoms with Crippen LogP contribution in [0.1, 0.15) is 54.1 Å². The van der Waals surface area contributed by atoms with Gasteiger partial charge in [-0.15, -0.1) is 0 Å². The molecule has 5 N–H and O–H groups in total. The number of nitrogens with two attached hydrogens (primary N) is 1. The molecule has 0 radical (unpaired) electrons. The lowest BCUT2D eigenvalue weighted by molar-refractivity contribution is -0.190. The Hall–Kier alpha value is -3.60. The fraction of sp³-hybridized carbons (Fsp3) is 0.515. The third-order valence-corrected chi connectivity index (χ3v) is 9.80. The first-order chi connectivity index (χ1) is 20.4. The maximum atomic E-state index is 14.1. The number of ether oxygens (including phenoxy) is 1. The Morgan fingerprint density at radius 3 is 2.44 bits per heavy atom. The molecule has 3 aliphatic rings. The molecular formula is C33H40N2O8. The standard InChI is InChI=1S/C33H40N2O8/c1-5-6-7-8-16-9-12-23(43-4)19(13-16)18-10-11-22(36)25-20(18)14-17-15-21-27(35(2)3)29(38)26(32(34)41)31(40)33(21,42)30(39)24(17)28(25)37/h9-13,17,21,24,26-27,29,36,38,42H,5-8,14-15H2,1-4H3,(H2,34,41)/t17-,21-,24?,26?,27?,29?,33-/m1/s1. The van der Waals surface area contributed by atoms with Crippen molar-refractivity contribution in [3.63, 3.8) is 0 Å². The van der Waals surface area contributed by atoms with Gasteiger partial charge in [0, 0.05) is 17.5 Å². The molecule has 0 heterocycles. The summed E-state index contributed by atoms with van der Waals surface area (Å²) in [4.78, 5) is 55.5. The number of ketones is 3. The summed E-state index contributed by atoms with van der Waals surface area (Å²) >= 11 is 0. The van der Waals surface area contributed by atoms with E-state index in [1.165, 1.54) is 6.07 Å². The van der Waals surface area contributed by atoms with Crippen molar-refractivity contribution < 1.29 is 39.2 Å². The van der Waals surface area contributed by atoms with Crippen molar-refractivity contribution in [1.82, 2.24) is 4.90 Å². The number of aliphatic hydroxyl groups excluding tert-OH is 1. The number of fused-ring (bicyclic) bond motifs is 3. The van der Waals surface area contributed by atoms with Crippen LogP contribution in [0, 0.1) is 23.7 Å². The summed E-state index contributed by atoms with van der Waals surface area (Å²) in [7, 11) is 4.81. The van der Waals surface area contributed by atoms with E-state index < -0.39 is 64.7 Å². The number of unbranched alkanes of at least 4 members (excludes halogenated alkanes) is 2. The normalized spacial score (nSPS) is 30.1. The highest BCUT2D eigenvalue weighted by Crippen LogP contribution is 2.52. The van der Waals surface area contributed by atoms with Crippen LogP contribution in [0.5, 0.6) is 11.5 Å². The number of amides is 1. The van der Waals surface area contributed by atoms with Crippen LogP contribution in [0.4, 0.5) is 0 Å². The zero-order chi connectivity index (χ0) is 31.4. The smallest absolute Gasteiger partial charge is 0.230 e. The van der Waals surface area contributed by atoms with Gasteiger partial charge in [-0.05, 0) is 80.6 Å². The number of benzene rings is 2. The molecule has 5 rings (SSSR count). The number of aryl methyl sites for hydroxylation is 1. The number of rotatable bonds is 8. The number of carbonyl (C=O) groups excluding carboxylic acids is 4. The molecule has 2 saturated carbocycles. The first kappa shape index (κ1) is 30.8. The molecule has 4 unspecified atom stereocenters. The number of phenolic OH excluding ortho intramolecular Hbond substituents is 1. The molecule has 0 spiro atoms. The summed E-state index contributed by atoms with van der Waals surface area (Å²) < 4.78 is 5.69. The second kappa shape index (κ2) is 11.5. The number of hydrogen-bond acceptors (Lipinski definition) is 9. The summed E-state index contributed by atoms with van der Waals surface area (Å²) in [5, 5.41) is 33.8. The van der Waals surface area contributed by atoms with Crippen molar-refractivity contribution in [2.75, 3.05) is 21.2 Å². The second-order valence-electron chi connectivity index (χ2n) is 12.4. The predicted molar refractivity (Wildman–Crippen MR) is 158 cm³/mol. The summed E-state index contributed by atoms with van der Waals surface area (Å²) in [6.45, 7) is 2.14. The number of phenols is 1. The second-order valence-corrected chi connectivity index (χ2v) is 12.4. The Balaban J connectivity index is 1.63. The first-order valence-electron chi connectivity index (χ1n) is 14.9. The number of carbonyl (C=O) groups is 4. The Bertz CT molecular complexity index is 1490. The van der Waals surface area contributed by atoms with Crippen LogP contribution in [-0.4, -0.2) is 82.4 Å². The van der Waals surface area contributed by atoms with Crippen LogP contribution < -0.4 is 10.5 Å². The maximum absolute atomic E-state index is 14.1. The number of nitrogens with zero attached hydrogens (tertiary/aromatic N) is 1. The number of methoxy groups -OCH3 is 1. The fourth-order valence-corrected chi connectivity index (χ4v) is 7.77. The number of hydrogen-bond donors (Lipinski definition) is 4. The van der Waals surface area contributed by atoms with Gasteiger partial charge >= 0.3 is 0 Å². The molecule has 0 bridgehead atoms. The molecule has 230 valence electrons. The van der Waals surface area contributed by atoms with Gasteiger partial charge in [0.15, 0.2) is 23.0 Å². The van der Waals surface area contributed by atoms with Gasteiger partial charge in [-0.2, -0.15) is 0 Å². The lowest BCUT2D eigenvalue weighted by atomic mass is 9.52. The molecule has 0 saturated heterocycles. The molecule has 3 aliphatic carbocycles. The highest BCUT2D eigenvalue weighted by atomic mass is 16.5. The summed E-state index contributed by atoms with van der Waals surface area (Å²) in [5.41, 5.74) is 5.86. The predicted octanol–water partition coefficient (Wildman–Crippen LogP) is 2.07.